The number of ketones is 1. The number of furan rings is 2. The molecule has 0 fully saturated rings. The van der Waals surface area contributed by atoms with Gasteiger partial charge in [-0.2, -0.15) is 0 Å². The van der Waals surface area contributed by atoms with Gasteiger partial charge in [0.2, 0.25) is 0 Å². The van der Waals surface area contributed by atoms with Crippen molar-refractivity contribution in [3.8, 4) is 0 Å². The molecule has 5 nitrogen and oxygen atoms in total. The van der Waals surface area contributed by atoms with E-state index in [1.807, 2.05) is 0 Å². The minimum Gasteiger partial charge on any atom is -0.475 e. The molecule has 20 heavy (non-hydrogen) atoms. The molecule has 1 aromatic carbocycles. The largest absolute Gasteiger partial charge is 0.475 e. The first-order valence-corrected chi connectivity index (χ1v) is 6.59. The maximum atomic E-state index is 12.0. The number of rotatable bonds is 2. The summed E-state index contributed by atoms with van der Waals surface area (Å²) in [7, 11) is 0. The maximum absolute atomic E-state index is 12.0. The fourth-order valence-corrected chi connectivity index (χ4v) is 2.89. The van der Waals surface area contributed by atoms with Crippen LogP contribution in [0.3, 0.4) is 0 Å². The van der Waals surface area contributed by atoms with E-state index in [0.717, 1.165) is 0 Å². The molecule has 2 heterocycles. The molecule has 0 radical (unpaired) electrons. The van der Waals surface area contributed by atoms with Crippen molar-refractivity contribution in [3.05, 3.63) is 33.7 Å². The van der Waals surface area contributed by atoms with Crippen LogP contribution in [0, 0.1) is 13.8 Å². The highest BCUT2D eigenvalue weighted by Crippen LogP contribution is 2.39. The quantitative estimate of drug-likeness (QED) is 0.568. The minimum atomic E-state index is -1.53. The topological polar surface area (TPSA) is 80.7 Å². The Morgan fingerprint density at radius 2 is 1.60 bits per heavy atom. The second-order valence-corrected chi connectivity index (χ2v) is 5.32. The lowest BCUT2D eigenvalue weighted by atomic mass is 10.0. The molecule has 0 aliphatic carbocycles. The van der Waals surface area contributed by atoms with Crippen LogP contribution < -0.4 is 0 Å². The lowest BCUT2D eigenvalue weighted by Gasteiger charge is -2.02. The summed E-state index contributed by atoms with van der Waals surface area (Å²) in [6, 6.07) is 3.36. The molecule has 3 aromatic rings. The Labute approximate surface area is 121 Å². The number of carboxylic acids is 1. The van der Waals surface area contributed by atoms with Crippen LogP contribution in [-0.4, -0.2) is 16.9 Å². The van der Waals surface area contributed by atoms with Gasteiger partial charge in [0.05, 0.1) is 10.0 Å². The molecule has 0 aliphatic rings. The van der Waals surface area contributed by atoms with Gasteiger partial charge in [0.15, 0.2) is 0 Å². The Kier molecular flexibility index (Phi) is 2.72. The van der Waals surface area contributed by atoms with E-state index in [0.29, 0.717) is 32.3 Å². The average Bonchev–Trinajstić information content (AvgIpc) is 2.92. The molecule has 3 rings (SSSR count). The van der Waals surface area contributed by atoms with Gasteiger partial charge in [-0.1, -0.05) is 0 Å². The Hall–Kier alpha value is -2.08. The monoisotopic (exact) mass is 336 g/mol. The van der Waals surface area contributed by atoms with E-state index < -0.39 is 11.8 Å². The molecule has 2 aromatic heterocycles. The summed E-state index contributed by atoms with van der Waals surface area (Å²) in [6.45, 7) is 3.46. The van der Waals surface area contributed by atoms with Crippen molar-refractivity contribution in [2.45, 2.75) is 13.8 Å². The number of aryl methyl sites for hydroxylation is 2. The zero-order valence-electron chi connectivity index (χ0n) is 10.6. The third-order valence-electron chi connectivity index (χ3n) is 3.06. The van der Waals surface area contributed by atoms with Crippen molar-refractivity contribution in [1.29, 1.82) is 0 Å². The third-order valence-corrected chi connectivity index (χ3v) is 3.85. The van der Waals surface area contributed by atoms with Gasteiger partial charge in [0, 0.05) is 10.8 Å². The van der Waals surface area contributed by atoms with Gasteiger partial charge >= 0.3 is 5.97 Å². The van der Waals surface area contributed by atoms with Gasteiger partial charge < -0.3 is 13.9 Å². The van der Waals surface area contributed by atoms with Crippen LogP contribution >= 0.6 is 15.9 Å². The lowest BCUT2D eigenvalue weighted by Crippen LogP contribution is -2.13. The second kappa shape index (κ2) is 4.21. The molecule has 0 amide bonds. The van der Waals surface area contributed by atoms with Gasteiger partial charge in [0.25, 0.3) is 5.78 Å². The lowest BCUT2D eigenvalue weighted by molar-refractivity contribution is -0.131. The standard InChI is InChI=1S/C14H9BrO5/c1-5-3-7-9(11(16)14(17)18)12-8(4-6(2)19-12)10(15)13(7)20-5/h3-4H,1-2H3,(H,17,18). The number of fused-ring (bicyclic) bond motifs is 2. The number of halogens is 1. The van der Waals surface area contributed by atoms with Gasteiger partial charge in [-0.3, -0.25) is 4.79 Å². The van der Waals surface area contributed by atoms with Crippen molar-refractivity contribution in [2.24, 2.45) is 0 Å². The van der Waals surface area contributed by atoms with Gasteiger partial charge in [-0.15, -0.1) is 0 Å². The smallest absolute Gasteiger partial charge is 0.377 e. The van der Waals surface area contributed by atoms with E-state index in [9.17, 15) is 9.59 Å². The van der Waals surface area contributed by atoms with E-state index in [-0.39, 0.29) is 11.1 Å². The molecule has 6 heteroatoms. The van der Waals surface area contributed by atoms with Crippen molar-refractivity contribution < 1.29 is 23.5 Å². The highest BCUT2D eigenvalue weighted by molar-refractivity contribution is 9.10. The maximum Gasteiger partial charge on any atom is 0.377 e. The number of carbonyl (C=O) groups excluding carboxylic acids is 1. The molecule has 0 unspecified atom stereocenters. The van der Waals surface area contributed by atoms with E-state index in [1.54, 1.807) is 26.0 Å². The van der Waals surface area contributed by atoms with Gasteiger partial charge in [-0.05, 0) is 41.9 Å². The number of carbonyl (C=O) groups is 2. The van der Waals surface area contributed by atoms with Crippen molar-refractivity contribution >= 4 is 49.6 Å². The number of aliphatic carboxylic acids is 1. The van der Waals surface area contributed by atoms with Crippen molar-refractivity contribution in [1.82, 2.24) is 0 Å². The summed E-state index contributed by atoms with van der Waals surface area (Å²) in [6.07, 6.45) is 0. The zero-order chi connectivity index (χ0) is 14.6. The first kappa shape index (κ1) is 12.9. The Bertz CT molecular complexity index is 826. The van der Waals surface area contributed by atoms with E-state index in [2.05, 4.69) is 15.9 Å². The van der Waals surface area contributed by atoms with Crippen molar-refractivity contribution in [2.75, 3.05) is 0 Å². The van der Waals surface area contributed by atoms with Crippen LogP contribution in [0.25, 0.3) is 21.9 Å². The molecular weight excluding hydrogens is 328 g/mol. The molecule has 0 aliphatic heterocycles. The van der Waals surface area contributed by atoms with Gasteiger partial charge in [0.1, 0.15) is 22.7 Å². The Morgan fingerprint density at radius 1 is 1.05 bits per heavy atom. The van der Waals surface area contributed by atoms with Gasteiger partial charge in [-0.25, -0.2) is 4.79 Å². The van der Waals surface area contributed by atoms with Crippen LogP contribution in [0.4, 0.5) is 0 Å². The summed E-state index contributed by atoms with van der Waals surface area (Å²) in [5, 5.41) is 10.1. The van der Waals surface area contributed by atoms with Crippen LogP contribution in [0.2, 0.25) is 0 Å². The summed E-state index contributed by atoms with van der Waals surface area (Å²) in [5.41, 5.74) is 0.728. The normalized spacial score (nSPS) is 11.3. The SMILES string of the molecule is Cc1cc2c(C(=O)C(=O)O)c3oc(C)cc3c(Br)c2o1. The summed E-state index contributed by atoms with van der Waals surface area (Å²) >= 11 is 3.42. The Balaban J connectivity index is 2.58. The number of hydrogen-bond donors (Lipinski definition) is 1. The van der Waals surface area contributed by atoms with E-state index >= 15 is 0 Å². The molecule has 0 saturated heterocycles. The second-order valence-electron chi connectivity index (χ2n) is 4.52. The predicted octanol–water partition coefficient (Wildman–Crippen LogP) is 3.83. The zero-order valence-corrected chi connectivity index (χ0v) is 12.2. The Morgan fingerprint density at radius 3 is 2.20 bits per heavy atom. The van der Waals surface area contributed by atoms with Crippen LogP contribution in [-0.2, 0) is 4.79 Å². The number of benzene rings is 1. The summed E-state index contributed by atoms with van der Waals surface area (Å²) in [5.74, 6) is -1.36. The molecule has 1 N–H and O–H groups in total. The molecule has 0 atom stereocenters. The fourth-order valence-electron chi connectivity index (χ4n) is 2.30. The first-order chi connectivity index (χ1) is 9.40. The molecule has 0 bridgehead atoms. The van der Waals surface area contributed by atoms with Crippen molar-refractivity contribution in [3.63, 3.8) is 0 Å². The summed E-state index contributed by atoms with van der Waals surface area (Å²) in [4.78, 5) is 23.0. The minimum absolute atomic E-state index is 0.0238. The van der Waals surface area contributed by atoms with Crippen LogP contribution in [0.1, 0.15) is 21.9 Å². The van der Waals surface area contributed by atoms with E-state index in [4.69, 9.17) is 13.9 Å². The molecule has 0 spiro atoms. The number of hydrogen-bond acceptors (Lipinski definition) is 4. The first-order valence-electron chi connectivity index (χ1n) is 5.79. The number of Topliss-reactive ketones (excluding diaryl/α,β-unsaturated/α-hetero) is 1. The molecule has 102 valence electrons. The van der Waals surface area contributed by atoms with Crippen LogP contribution in [0.5, 0.6) is 0 Å². The highest BCUT2D eigenvalue weighted by Gasteiger charge is 2.27. The molecular formula is C14H9BrO5. The molecule has 0 saturated carbocycles. The predicted molar refractivity (Wildman–Crippen MR) is 75.1 cm³/mol. The average molecular weight is 337 g/mol. The van der Waals surface area contributed by atoms with Crippen LogP contribution in [0.15, 0.2) is 25.4 Å². The van der Waals surface area contributed by atoms with E-state index in [1.165, 1.54) is 0 Å². The fraction of sp³-hybridized carbons (Fsp3) is 0.143. The highest BCUT2D eigenvalue weighted by atomic mass is 79.9. The summed E-state index contributed by atoms with van der Waals surface area (Å²) < 4.78 is 11.7. The third kappa shape index (κ3) is 1.68. The number of carboxylic acid groups (broad SMARTS) is 1.